The van der Waals surface area contributed by atoms with Crippen molar-refractivity contribution < 1.29 is 9.90 Å². The number of amides is 1. The van der Waals surface area contributed by atoms with E-state index in [4.69, 9.17) is 0 Å². The fraction of sp³-hybridized carbons (Fsp3) is 0.409. The lowest BCUT2D eigenvalue weighted by atomic mass is 9.94. The van der Waals surface area contributed by atoms with Crippen molar-refractivity contribution in [2.24, 2.45) is 5.92 Å². The largest absolute Gasteiger partial charge is 0.391 e. The molecule has 4 rings (SSSR count). The van der Waals surface area contributed by atoms with E-state index in [0.29, 0.717) is 18.7 Å². The van der Waals surface area contributed by atoms with Crippen LogP contribution in [-0.2, 0) is 13.0 Å². The summed E-state index contributed by atoms with van der Waals surface area (Å²) in [5, 5.41) is 16.2. The van der Waals surface area contributed by atoms with Gasteiger partial charge in [-0.25, -0.2) is 0 Å². The van der Waals surface area contributed by atoms with Crippen molar-refractivity contribution >= 4 is 16.8 Å². The van der Waals surface area contributed by atoms with Gasteiger partial charge in [-0.2, -0.15) is 5.10 Å². The summed E-state index contributed by atoms with van der Waals surface area (Å²) in [5.41, 5.74) is 3.50. The van der Waals surface area contributed by atoms with Gasteiger partial charge in [-0.1, -0.05) is 25.1 Å². The number of rotatable bonds is 5. The first-order chi connectivity index (χ1) is 13.6. The molecule has 1 amide bonds. The SMILES string of the molecule is CCCn1cc(C(=O)N2C[C@@H](Cc3ccnc4ccccc34)[C@@H](O)C2)c(C)n1. The molecule has 0 radical (unpaired) electrons. The Kier molecular flexibility index (Phi) is 5.13. The normalized spacial score (nSPS) is 19.5. The van der Waals surface area contributed by atoms with Crippen LogP contribution < -0.4 is 0 Å². The second-order valence-corrected chi connectivity index (χ2v) is 7.62. The van der Waals surface area contributed by atoms with Gasteiger partial charge >= 0.3 is 0 Å². The molecule has 1 fully saturated rings. The second kappa shape index (κ2) is 7.72. The highest BCUT2D eigenvalue weighted by atomic mass is 16.3. The van der Waals surface area contributed by atoms with Crippen molar-refractivity contribution in [3.8, 4) is 0 Å². The summed E-state index contributed by atoms with van der Waals surface area (Å²) >= 11 is 0. The van der Waals surface area contributed by atoms with Crippen LogP contribution in [0.1, 0.15) is 35.0 Å². The number of para-hydroxylation sites is 1. The molecule has 1 N–H and O–H groups in total. The quantitative estimate of drug-likeness (QED) is 0.741. The molecule has 3 aromatic rings. The molecule has 0 unspecified atom stereocenters. The van der Waals surface area contributed by atoms with Crippen molar-refractivity contribution in [1.82, 2.24) is 19.7 Å². The van der Waals surface area contributed by atoms with Gasteiger partial charge in [-0.3, -0.25) is 14.5 Å². The standard InChI is InChI=1S/C22H26N4O2/c1-3-10-26-13-19(15(2)24-26)22(28)25-12-17(21(27)14-25)11-16-8-9-23-20-7-5-4-6-18(16)20/h4-9,13,17,21,27H,3,10-12,14H2,1-2H3/t17-,21+/m1/s1. The van der Waals surface area contributed by atoms with E-state index in [1.54, 1.807) is 4.90 Å². The lowest BCUT2D eigenvalue weighted by molar-refractivity contribution is 0.0764. The first-order valence-corrected chi connectivity index (χ1v) is 9.90. The molecule has 0 aliphatic carbocycles. The predicted octanol–water partition coefficient (Wildman–Crippen LogP) is 2.83. The van der Waals surface area contributed by atoms with Crippen LogP contribution in [-0.4, -0.2) is 49.9 Å². The van der Waals surface area contributed by atoms with Crippen LogP contribution in [0.5, 0.6) is 0 Å². The highest BCUT2D eigenvalue weighted by molar-refractivity contribution is 5.95. The Morgan fingerprint density at radius 3 is 2.89 bits per heavy atom. The minimum Gasteiger partial charge on any atom is -0.391 e. The van der Waals surface area contributed by atoms with Gasteiger partial charge < -0.3 is 10.0 Å². The maximum Gasteiger partial charge on any atom is 0.257 e. The highest BCUT2D eigenvalue weighted by Crippen LogP contribution is 2.26. The minimum atomic E-state index is -0.526. The van der Waals surface area contributed by atoms with E-state index >= 15 is 0 Å². The number of benzene rings is 1. The number of β-amino-alcohol motifs (C(OH)–C–C–N with tert-alkyl or cyclic N) is 1. The molecule has 1 aliphatic rings. The van der Waals surface area contributed by atoms with Gasteiger partial charge in [-0.15, -0.1) is 0 Å². The number of nitrogens with zero attached hydrogens (tertiary/aromatic N) is 4. The fourth-order valence-electron chi connectivity index (χ4n) is 4.08. The van der Waals surface area contributed by atoms with E-state index in [9.17, 15) is 9.90 Å². The summed E-state index contributed by atoms with van der Waals surface area (Å²) in [5.74, 6) is -0.0262. The monoisotopic (exact) mass is 378 g/mol. The molecule has 6 nitrogen and oxygen atoms in total. The molecule has 0 bridgehead atoms. The molecule has 3 heterocycles. The molecule has 2 atom stereocenters. The molecule has 1 saturated heterocycles. The van der Waals surface area contributed by atoms with Crippen LogP contribution in [0.25, 0.3) is 10.9 Å². The zero-order chi connectivity index (χ0) is 19.7. The lowest BCUT2D eigenvalue weighted by Gasteiger charge is -2.16. The maximum absolute atomic E-state index is 13.0. The van der Waals surface area contributed by atoms with Crippen LogP contribution >= 0.6 is 0 Å². The number of aryl methyl sites for hydroxylation is 2. The number of hydrogen-bond donors (Lipinski definition) is 1. The number of aliphatic hydroxyl groups is 1. The topological polar surface area (TPSA) is 71.2 Å². The Bertz CT molecular complexity index is 992. The number of pyridine rings is 1. The highest BCUT2D eigenvalue weighted by Gasteiger charge is 2.35. The van der Waals surface area contributed by atoms with Crippen molar-refractivity contribution in [2.75, 3.05) is 13.1 Å². The van der Waals surface area contributed by atoms with Gasteiger partial charge in [-0.05, 0) is 37.5 Å². The Morgan fingerprint density at radius 2 is 2.07 bits per heavy atom. The number of hydrogen-bond acceptors (Lipinski definition) is 4. The van der Waals surface area contributed by atoms with E-state index in [0.717, 1.165) is 41.5 Å². The summed E-state index contributed by atoms with van der Waals surface area (Å²) in [4.78, 5) is 19.2. The van der Waals surface area contributed by atoms with Gasteiger partial charge in [0.25, 0.3) is 5.91 Å². The number of fused-ring (bicyclic) bond motifs is 1. The van der Waals surface area contributed by atoms with E-state index < -0.39 is 6.10 Å². The van der Waals surface area contributed by atoms with Crippen LogP contribution in [0.3, 0.4) is 0 Å². The molecular formula is C22H26N4O2. The molecule has 0 spiro atoms. The number of carbonyl (C=O) groups excluding carboxylic acids is 1. The van der Waals surface area contributed by atoms with E-state index in [2.05, 4.69) is 23.1 Å². The Labute approximate surface area is 164 Å². The first kappa shape index (κ1) is 18.6. The third-order valence-electron chi connectivity index (χ3n) is 5.54. The van der Waals surface area contributed by atoms with Crippen molar-refractivity contribution in [3.63, 3.8) is 0 Å². The number of likely N-dealkylation sites (tertiary alicyclic amines) is 1. The predicted molar refractivity (Wildman–Crippen MR) is 108 cm³/mol. The minimum absolute atomic E-state index is 0.0146. The molecule has 2 aromatic heterocycles. The molecule has 1 aliphatic heterocycles. The molecule has 146 valence electrons. The van der Waals surface area contributed by atoms with Crippen molar-refractivity contribution in [2.45, 2.75) is 39.3 Å². The third-order valence-corrected chi connectivity index (χ3v) is 5.54. The first-order valence-electron chi connectivity index (χ1n) is 9.90. The van der Waals surface area contributed by atoms with Gasteiger partial charge in [0.1, 0.15) is 0 Å². The van der Waals surface area contributed by atoms with Crippen LogP contribution in [0, 0.1) is 12.8 Å². The number of carbonyl (C=O) groups is 1. The zero-order valence-corrected chi connectivity index (χ0v) is 16.4. The van der Waals surface area contributed by atoms with Crippen LogP contribution in [0.15, 0.2) is 42.7 Å². The van der Waals surface area contributed by atoms with E-state index in [-0.39, 0.29) is 11.8 Å². The second-order valence-electron chi connectivity index (χ2n) is 7.62. The Hall–Kier alpha value is -2.73. The van der Waals surface area contributed by atoms with E-state index in [1.807, 2.05) is 48.3 Å². The molecule has 0 saturated carbocycles. The lowest BCUT2D eigenvalue weighted by Crippen LogP contribution is -2.29. The van der Waals surface area contributed by atoms with E-state index in [1.165, 1.54) is 0 Å². The van der Waals surface area contributed by atoms with Gasteiger partial charge in [0.2, 0.25) is 0 Å². The molecular weight excluding hydrogens is 352 g/mol. The Morgan fingerprint density at radius 1 is 1.25 bits per heavy atom. The van der Waals surface area contributed by atoms with Crippen LogP contribution in [0.4, 0.5) is 0 Å². The third kappa shape index (κ3) is 3.52. The van der Waals surface area contributed by atoms with Crippen LogP contribution in [0.2, 0.25) is 0 Å². The average molecular weight is 378 g/mol. The molecule has 6 heteroatoms. The Balaban J connectivity index is 1.51. The molecule has 1 aromatic carbocycles. The smallest absolute Gasteiger partial charge is 0.257 e. The zero-order valence-electron chi connectivity index (χ0n) is 16.4. The number of aliphatic hydroxyl groups excluding tert-OH is 1. The van der Waals surface area contributed by atoms with Gasteiger partial charge in [0.05, 0.1) is 22.9 Å². The summed E-state index contributed by atoms with van der Waals surface area (Å²) in [7, 11) is 0. The molecule has 28 heavy (non-hydrogen) atoms. The summed E-state index contributed by atoms with van der Waals surface area (Å²) < 4.78 is 1.83. The van der Waals surface area contributed by atoms with Crippen molar-refractivity contribution in [3.05, 3.63) is 59.5 Å². The number of aromatic nitrogens is 3. The summed E-state index contributed by atoms with van der Waals surface area (Å²) in [6.45, 7) is 5.67. The fourth-order valence-corrected chi connectivity index (χ4v) is 4.08. The summed E-state index contributed by atoms with van der Waals surface area (Å²) in [6, 6.07) is 10.1. The maximum atomic E-state index is 13.0. The van der Waals surface area contributed by atoms with Gasteiger partial charge in [0.15, 0.2) is 0 Å². The van der Waals surface area contributed by atoms with Crippen molar-refractivity contribution in [1.29, 1.82) is 0 Å². The summed E-state index contributed by atoms with van der Waals surface area (Å²) in [6.07, 6.45) is 4.81. The van der Waals surface area contributed by atoms with Gasteiger partial charge in [0, 0.05) is 43.3 Å². The average Bonchev–Trinajstić information content (AvgIpc) is 3.24.